The summed E-state index contributed by atoms with van der Waals surface area (Å²) in [6, 6.07) is 14.4. The average molecular weight is 612 g/mol. The van der Waals surface area contributed by atoms with Crippen molar-refractivity contribution in [2.45, 2.75) is 31.6 Å². The molecule has 2 aromatic carbocycles. The SMILES string of the molecule is CN(C)CCOc1cc(F)cc(-c2ccnc3nc(-c4n[nH]c5ccc(-c6cncc(CC7CCC(F)(F)C7)c6)cc45)[nH]c23)c1. The van der Waals surface area contributed by atoms with Crippen LogP contribution in [0, 0.1) is 11.7 Å². The van der Waals surface area contributed by atoms with Gasteiger partial charge >= 0.3 is 0 Å². The molecule has 1 saturated carbocycles. The number of pyridine rings is 2. The lowest BCUT2D eigenvalue weighted by Gasteiger charge is -2.12. The summed E-state index contributed by atoms with van der Waals surface area (Å²) >= 11 is 0. The number of fused-ring (bicyclic) bond motifs is 2. The van der Waals surface area contributed by atoms with E-state index in [1.165, 1.54) is 12.1 Å². The smallest absolute Gasteiger partial charge is 0.248 e. The van der Waals surface area contributed by atoms with Crippen molar-refractivity contribution in [1.82, 2.24) is 35.0 Å². The molecule has 0 amide bonds. The number of aromatic nitrogens is 6. The van der Waals surface area contributed by atoms with Gasteiger partial charge in [0.15, 0.2) is 11.5 Å². The highest BCUT2D eigenvalue weighted by Gasteiger charge is 2.39. The van der Waals surface area contributed by atoms with Crippen LogP contribution in [0.5, 0.6) is 5.75 Å². The molecule has 0 bridgehead atoms. The number of nitrogens with zero attached hydrogens (tertiary/aromatic N) is 5. The molecule has 1 atom stereocenters. The first-order chi connectivity index (χ1) is 21.7. The van der Waals surface area contributed by atoms with Crippen molar-refractivity contribution in [2.75, 3.05) is 27.2 Å². The van der Waals surface area contributed by atoms with E-state index in [-0.39, 0.29) is 18.8 Å². The van der Waals surface area contributed by atoms with Gasteiger partial charge in [0, 0.05) is 60.6 Å². The third kappa shape index (κ3) is 6.12. The van der Waals surface area contributed by atoms with Crippen LogP contribution in [-0.2, 0) is 6.42 Å². The maximum Gasteiger partial charge on any atom is 0.248 e. The summed E-state index contributed by atoms with van der Waals surface area (Å²) in [4.78, 5) is 19.0. The van der Waals surface area contributed by atoms with Crippen LogP contribution in [0.3, 0.4) is 0 Å². The molecule has 1 fully saturated rings. The van der Waals surface area contributed by atoms with Gasteiger partial charge in [-0.2, -0.15) is 5.10 Å². The fourth-order valence-electron chi connectivity index (χ4n) is 6.09. The minimum Gasteiger partial charge on any atom is -0.492 e. The van der Waals surface area contributed by atoms with E-state index in [4.69, 9.17) is 9.72 Å². The predicted molar refractivity (Wildman–Crippen MR) is 168 cm³/mol. The molecule has 230 valence electrons. The molecular formula is C34H32F3N7O. The molecule has 0 saturated heterocycles. The number of aromatic amines is 2. The summed E-state index contributed by atoms with van der Waals surface area (Å²) in [6.07, 6.45) is 6.19. The van der Waals surface area contributed by atoms with Gasteiger partial charge in [0.1, 0.15) is 23.9 Å². The number of alkyl halides is 2. The van der Waals surface area contributed by atoms with Gasteiger partial charge in [0.05, 0.1) is 11.0 Å². The summed E-state index contributed by atoms with van der Waals surface area (Å²) < 4.78 is 48.0. The number of H-pyrrole nitrogens is 2. The fourth-order valence-corrected chi connectivity index (χ4v) is 6.09. The summed E-state index contributed by atoms with van der Waals surface area (Å²) in [6.45, 7) is 1.14. The number of hydrogen-bond donors (Lipinski definition) is 2. The van der Waals surface area contributed by atoms with Crippen LogP contribution in [0.25, 0.3) is 55.8 Å². The fraction of sp³-hybridized carbons (Fsp3) is 0.294. The number of rotatable bonds is 9. The second-order valence-corrected chi connectivity index (χ2v) is 12.1. The molecule has 6 aromatic rings. The first-order valence-electron chi connectivity index (χ1n) is 14.9. The highest BCUT2D eigenvalue weighted by Crippen LogP contribution is 2.40. The summed E-state index contributed by atoms with van der Waals surface area (Å²) in [7, 11) is 3.90. The predicted octanol–water partition coefficient (Wildman–Crippen LogP) is 7.29. The number of ether oxygens (including phenoxy) is 1. The molecule has 1 aliphatic rings. The monoisotopic (exact) mass is 611 g/mol. The van der Waals surface area contributed by atoms with E-state index in [1.54, 1.807) is 18.6 Å². The highest BCUT2D eigenvalue weighted by molar-refractivity contribution is 5.97. The van der Waals surface area contributed by atoms with E-state index < -0.39 is 11.7 Å². The van der Waals surface area contributed by atoms with Crippen LogP contribution in [0.1, 0.15) is 24.8 Å². The lowest BCUT2D eigenvalue weighted by atomic mass is 9.96. The summed E-state index contributed by atoms with van der Waals surface area (Å²) in [5, 5.41) is 8.48. The van der Waals surface area contributed by atoms with E-state index in [0.29, 0.717) is 60.0 Å². The van der Waals surface area contributed by atoms with E-state index in [2.05, 4.69) is 25.1 Å². The quantitative estimate of drug-likeness (QED) is 0.178. The molecule has 8 nitrogen and oxygen atoms in total. The number of hydrogen-bond acceptors (Lipinski definition) is 6. The molecule has 2 N–H and O–H groups in total. The van der Waals surface area contributed by atoms with Crippen molar-refractivity contribution in [3.63, 3.8) is 0 Å². The van der Waals surface area contributed by atoms with Gasteiger partial charge in [0.2, 0.25) is 5.92 Å². The molecule has 0 radical (unpaired) electrons. The molecule has 1 unspecified atom stereocenters. The Morgan fingerprint density at radius 2 is 1.91 bits per heavy atom. The van der Waals surface area contributed by atoms with Gasteiger partial charge in [-0.25, -0.2) is 23.1 Å². The normalized spacial score (nSPS) is 16.3. The Morgan fingerprint density at radius 3 is 2.73 bits per heavy atom. The largest absolute Gasteiger partial charge is 0.492 e. The van der Waals surface area contributed by atoms with Crippen molar-refractivity contribution < 1.29 is 17.9 Å². The molecule has 0 spiro atoms. The van der Waals surface area contributed by atoms with Crippen molar-refractivity contribution >= 4 is 22.1 Å². The number of nitrogens with one attached hydrogen (secondary N) is 2. The second kappa shape index (κ2) is 11.6. The molecule has 4 heterocycles. The van der Waals surface area contributed by atoms with Crippen LogP contribution < -0.4 is 4.74 Å². The number of benzene rings is 2. The van der Waals surface area contributed by atoms with E-state index in [0.717, 1.165) is 33.2 Å². The topological polar surface area (TPSA) is 95.6 Å². The number of likely N-dealkylation sites (N-methyl/N-ethyl adjacent to an activating group) is 1. The van der Waals surface area contributed by atoms with Crippen LogP contribution in [0.15, 0.2) is 67.1 Å². The molecule has 45 heavy (non-hydrogen) atoms. The molecule has 1 aliphatic carbocycles. The molecule has 11 heteroatoms. The molecular weight excluding hydrogens is 579 g/mol. The third-order valence-electron chi connectivity index (χ3n) is 8.33. The van der Waals surface area contributed by atoms with Gasteiger partial charge in [-0.05, 0) is 85.9 Å². The van der Waals surface area contributed by atoms with E-state index in [1.807, 2.05) is 55.4 Å². The lowest BCUT2D eigenvalue weighted by molar-refractivity contribution is 0.00508. The van der Waals surface area contributed by atoms with E-state index >= 15 is 0 Å². The van der Waals surface area contributed by atoms with E-state index in [9.17, 15) is 13.2 Å². The summed E-state index contributed by atoms with van der Waals surface area (Å²) in [5.41, 5.74) is 6.70. The van der Waals surface area contributed by atoms with Gasteiger partial charge in [-0.3, -0.25) is 10.1 Å². The number of halogens is 3. The maximum atomic E-state index is 14.7. The minimum absolute atomic E-state index is 0.0406. The Labute approximate surface area is 257 Å². The third-order valence-corrected chi connectivity index (χ3v) is 8.33. The minimum atomic E-state index is -2.56. The zero-order chi connectivity index (χ0) is 31.1. The standard InChI is InChI=1S/C34H32F3N7O/c1-44(2)9-10-45-26-14-23(13-25(35)16-26)27-6-8-39-32-30(27)40-33(41-32)31-28-15-22(3-4-29(28)42-43-31)24-12-21(18-38-19-24)11-20-5-7-34(36,37)17-20/h3-4,6,8,12-16,18-20H,5,7,9-11,17H2,1-2H3,(H,42,43)(H,39,40,41). The van der Waals surface area contributed by atoms with Crippen molar-refractivity contribution in [3.8, 4) is 39.5 Å². The van der Waals surface area contributed by atoms with Crippen LogP contribution in [-0.4, -0.2) is 68.2 Å². The van der Waals surface area contributed by atoms with Gasteiger partial charge in [-0.1, -0.05) is 6.07 Å². The number of imidazole rings is 1. The van der Waals surface area contributed by atoms with Crippen molar-refractivity contribution in [2.24, 2.45) is 5.92 Å². The Hall–Kier alpha value is -4.77. The highest BCUT2D eigenvalue weighted by atomic mass is 19.3. The zero-order valence-electron chi connectivity index (χ0n) is 24.9. The molecule has 0 aliphatic heterocycles. The Balaban J connectivity index is 1.20. The maximum absolute atomic E-state index is 14.7. The van der Waals surface area contributed by atoms with Crippen LogP contribution >= 0.6 is 0 Å². The van der Waals surface area contributed by atoms with Crippen molar-refractivity contribution in [3.05, 3.63) is 78.5 Å². The Kier molecular flexibility index (Phi) is 7.48. The lowest BCUT2D eigenvalue weighted by Crippen LogP contribution is -2.19. The zero-order valence-corrected chi connectivity index (χ0v) is 24.9. The average Bonchev–Trinajstić information content (AvgIpc) is 3.72. The first-order valence-corrected chi connectivity index (χ1v) is 14.9. The second-order valence-electron chi connectivity index (χ2n) is 12.1. The van der Waals surface area contributed by atoms with Crippen LogP contribution in [0.4, 0.5) is 13.2 Å². The van der Waals surface area contributed by atoms with Gasteiger partial charge in [-0.15, -0.1) is 0 Å². The van der Waals surface area contributed by atoms with Crippen molar-refractivity contribution in [1.29, 1.82) is 0 Å². The first kappa shape index (κ1) is 29.0. The summed E-state index contributed by atoms with van der Waals surface area (Å²) in [5.74, 6) is -2.04. The van der Waals surface area contributed by atoms with Gasteiger partial charge in [0.25, 0.3) is 0 Å². The Bertz CT molecular complexity index is 2000. The van der Waals surface area contributed by atoms with Crippen LogP contribution in [0.2, 0.25) is 0 Å². The molecule has 7 rings (SSSR count). The van der Waals surface area contributed by atoms with Gasteiger partial charge < -0.3 is 14.6 Å². The molecule has 4 aromatic heterocycles. The Morgan fingerprint density at radius 1 is 1.02 bits per heavy atom.